The summed E-state index contributed by atoms with van der Waals surface area (Å²) in [6.45, 7) is 4.08. The number of Topliss-reactive ketones (excluding diaryl/α,β-unsaturated/α-hetero) is 1. The van der Waals surface area contributed by atoms with Crippen molar-refractivity contribution in [2.45, 2.75) is 38.4 Å². The Morgan fingerprint density at radius 1 is 1.14 bits per heavy atom. The Morgan fingerprint density at radius 3 is 2.69 bits per heavy atom. The summed E-state index contributed by atoms with van der Waals surface area (Å²) >= 11 is 1.20. The summed E-state index contributed by atoms with van der Waals surface area (Å²) in [5, 5.41) is 12.4. The van der Waals surface area contributed by atoms with Gasteiger partial charge in [-0.25, -0.2) is 0 Å². The lowest BCUT2D eigenvalue weighted by Crippen LogP contribution is -2.23. The Bertz CT molecular complexity index is 1530. The van der Waals surface area contributed by atoms with Crippen LogP contribution in [0.15, 0.2) is 46.3 Å². The number of carbonyl (C=O) groups is 2. The summed E-state index contributed by atoms with van der Waals surface area (Å²) < 4.78 is 14.1. The zero-order valence-electron chi connectivity index (χ0n) is 19.2. The highest BCUT2D eigenvalue weighted by molar-refractivity contribution is 7.99. The summed E-state index contributed by atoms with van der Waals surface area (Å²) in [5.41, 5.74) is 1.27. The van der Waals surface area contributed by atoms with Gasteiger partial charge >= 0.3 is 0 Å². The third kappa shape index (κ3) is 4.23. The molecule has 1 aliphatic rings. The van der Waals surface area contributed by atoms with Gasteiger partial charge in [0.1, 0.15) is 0 Å². The summed E-state index contributed by atoms with van der Waals surface area (Å²) in [4.78, 5) is 38.0. The summed E-state index contributed by atoms with van der Waals surface area (Å²) in [6, 6.07) is 10.5. The second kappa shape index (κ2) is 9.41. The SMILES string of the molecule is CCCCn1c(=O)c2ccccc2n2c(SCC(=O)Nc3cc4c(cc3C(C)=O)OCO4)nnc12. The van der Waals surface area contributed by atoms with Crippen LogP contribution in [0.4, 0.5) is 5.69 Å². The normalized spacial score (nSPS) is 12.4. The number of aromatic nitrogens is 4. The van der Waals surface area contributed by atoms with E-state index in [2.05, 4.69) is 22.4 Å². The maximum absolute atomic E-state index is 13.1. The molecule has 11 heteroatoms. The van der Waals surface area contributed by atoms with Crippen molar-refractivity contribution in [2.24, 2.45) is 0 Å². The summed E-state index contributed by atoms with van der Waals surface area (Å²) in [6.07, 6.45) is 1.77. The summed E-state index contributed by atoms with van der Waals surface area (Å²) in [5.74, 6) is 0.883. The monoisotopic (exact) mass is 493 g/mol. The molecule has 0 atom stereocenters. The highest BCUT2D eigenvalue weighted by Gasteiger charge is 2.21. The lowest BCUT2D eigenvalue weighted by Gasteiger charge is -2.11. The lowest BCUT2D eigenvalue weighted by atomic mass is 10.1. The van der Waals surface area contributed by atoms with E-state index in [9.17, 15) is 14.4 Å². The molecule has 0 fully saturated rings. The molecule has 0 aliphatic carbocycles. The molecule has 0 radical (unpaired) electrons. The number of fused-ring (bicyclic) bond motifs is 4. The molecule has 0 bridgehead atoms. The van der Waals surface area contributed by atoms with Gasteiger partial charge in [0.15, 0.2) is 22.4 Å². The molecule has 3 heterocycles. The molecule has 0 unspecified atom stereocenters. The number of carbonyl (C=O) groups excluding carboxylic acids is 2. The number of benzene rings is 2. The van der Waals surface area contributed by atoms with Crippen LogP contribution in [0, 0.1) is 0 Å². The van der Waals surface area contributed by atoms with Crippen molar-refractivity contribution in [1.29, 1.82) is 0 Å². The highest BCUT2D eigenvalue weighted by Crippen LogP contribution is 2.37. The fraction of sp³-hybridized carbons (Fsp3) is 0.292. The molecule has 35 heavy (non-hydrogen) atoms. The van der Waals surface area contributed by atoms with Crippen molar-refractivity contribution < 1.29 is 19.1 Å². The maximum Gasteiger partial charge on any atom is 0.262 e. The summed E-state index contributed by atoms with van der Waals surface area (Å²) in [7, 11) is 0. The van der Waals surface area contributed by atoms with E-state index < -0.39 is 0 Å². The first-order chi connectivity index (χ1) is 17.0. The Morgan fingerprint density at radius 2 is 1.91 bits per heavy atom. The van der Waals surface area contributed by atoms with Gasteiger partial charge in [-0.1, -0.05) is 37.2 Å². The predicted molar refractivity (Wildman–Crippen MR) is 132 cm³/mol. The Labute approximate surface area is 204 Å². The molecule has 2 aromatic carbocycles. The van der Waals surface area contributed by atoms with Crippen LogP contribution < -0.4 is 20.3 Å². The number of aryl methyl sites for hydroxylation is 1. The quantitative estimate of drug-likeness (QED) is 0.293. The number of hydrogen-bond donors (Lipinski definition) is 1. The van der Waals surface area contributed by atoms with E-state index in [-0.39, 0.29) is 29.8 Å². The number of nitrogens with one attached hydrogen (secondary N) is 1. The lowest BCUT2D eigenvalue weighted by molar-refractivity contribution is -0.113. The van der Waals surface area contributed by atoms with Gasteiger partial charge in [0.2, 0.25) is 18.5 Å². The number of nitrogens with zero attached hydrogens (tertiary/aromatic N) is 4. The van der Waals surface area contributed by atoms with E-state index in [0.29, 0.717) is 51.1 Å². The first kappa shape index (κ1) is 22.9. The number of rotatable bonds is 8. The molecule has 2 aromatic heterocycles. The number of ketones is 1. The predicted octanol–water partition coefficient (Wildman–Crippen LogP) is 3.51. The van der Waals surface area contributed by atoms with Gasteiger partial charge in [-0.3, -0.25) is 23.4 Å². The smallest absolute Gasteiger partial charge is 0.262 e. The van der Waals surface area contributed by atoms with Crippen molar-refractivity contribution in [2.75, 3.05) is 17.9 Å². The van der Waals surface area contributed by atoms with E-state index >= 15 is 0 Å². The Kier molecular flexibility index (Phi) is 6.16. The van der Waals surface area contributed by atoms with Crippen LogP contribution in [-0.2, 0) is 11.3 Å². The van der Waals surface area contributed by atoms with E-state index in [0.717, 1.165) is 12.8 Å². The van der Waals surface area contributed by atoms with Crippen LogP contribution in [0.3, 0.4) is 0 Å². The minimum atomic E-state index is -0.322. The van der Waals surface area contributed by atoms with Gasteiger partial charge in [-0.2, -0.15) is 0 Å². The van der Waals surface area contributed by atoms with Crippen molar-refractivity contribution in [3.8, 4) is 11.5 Å². The fourth-order valence-electron chi connectivity index (χ4n) is 4.00. The van der Waals surface area contributed by atoms with Crippen molar-refractivity contribution in [3.63, 3.8) is 0 Å². The topological polar surface area (TPSA) is 117 Å². The molecule has 1 N–H and O–H groups in total. The zero-order chi connectivity index (χ0) is 24.5. The Hall–Kier alpha value is -3.86. The van der Waals surface area contributed by atoms with Gasteiger partial charge in [-0.15, -0.1) is 10.2 Å². The van der Waals surface area contributed by atoms with Gasteiger partial charge in [-0.05, 0) is 31.5 Å². The van der Waals surface area contributed by atoms with Gasteiger partial charge in [0.05, 0.1) is 22.3 Å². The van der Waals surface area contributed by atoms with Crippen LogP contribution in [0.2, 0.25) is 0 Å². The molecular weight excluding hydrogens is 470 g/mol. The largest absolute Gasteiger partial charge is 0.454 e. The second-order valence-electron chi connectivity index (χ2n) is 8.09. The first-order valence-electron chi connectivity index (χ1n) is 11.2. The number of ether oxygens (including phenoxy) is 2. The zero-order valence-corrected chi connectivity index (χ0v) is 20.1. The average Bonchev–Trinajstić information content (AvgIpc) is 3.49. The van der Waals surface area contributed by atoms with Crippen LogP contribution in [0.1, 0.15) is 37.0 Å². The highest BCUT2D eigenvalue weighted by atomic mass is 32.2. The van der Waals surface area contributed by atoms with Crippen LogP contribution in [0.25, 0.3) is 16.7 Å². The van der Waals surface area contributed by atoms with E-state index in [1.54, 1.807) is 22.8 Å². The molecule has 0 saturated carbocycles. The maximum atomic E-state index is 13.1. The molecule has 0 saturated heterocycles. The van der Waals surface area contributed by atoms with Gasteiger partial charge < -0.3 is 14.8 Å². The van der Waals surface area contributed by atoms with Crippen LogP contribution >= 0.6 is 11.8 Å². The molecule has 1 amide bonds. The Balaban J connectivity index is 1.43. The molecule has 180 valence electrons. The standard InChI is InChI=1S/C24H23N5O5S/c1-3-4-9-28-22(32)15-7-5-6-8-18(15)29-23(28)26-27-24(29)35-12-21(31)25-17-11-20-19(33-13-34-20)10-16(17)14(2)30/h5-8,10-11H,3-4,9,12-13H2,1-2H3,(H,25,31). The number of unbranched alkanes of at least 4 members (excludes halogenated alkanes) is 1. The minimum absolute atomic E-state index is 0.0228. The van der Waals surface area contributed by atoms with Crippen molar-refractivity contribution in [1.82, 2.24) is 19.2 Å². The molecular formula is C24H23N5O5S. The van der Waals surface area contributed by atoms with Gasteiger partial charge in [0, 0.05) is 18.2 Å². The average molecular weight is 494 g/mol. The van der Waals surface area contributed by atoms with E-state index in [1.165, 1.54) is 18.7 Å². The minimum Gasteiger partial charge on any atom is -0.454 e. The van der Waals surface area contributed by atoms with Crippen molar-refractivity contribution >= 4 is 45.8 Å². The molecule has 1 aliphatic heterocycles. The number of para-hydroxylation sites is 1. The molecule has 0 spiro atoms. The molecule has 10 nitrogen and oxygen atoms in total. The molecule has 4 aromatic rings. The third-order valence-corrected chi connectivity index (χ3v) is 6.64. The van der Waals surface area contributed by atoms with Crippen LogP contribution in [-0.4, -0.2) is 43.4 Å². The van der Waals surface area contributed by atoms with Gasteiger partial charge in [0.25, 0.3) is 5.56 Å². The number of hydrogen-bond acceptors (Lipinski definition) is 8. The molecule has 5 rings (SSSR count). The van der Waals surface area contributed by atoms with E-state index in [1.807, 2.05) is 22.6 Å². The second-order valence-corrected chi connectivity index (χ2v) is 9.03. The number of thioether (sulfide) groups is 1. The van der Waals surface area contributed by atoms with E-state index in [4.69, 9.17) is 9.47 Å². The first-order valence-corrected chi connectivity index (χ1v) is 12.2. The fourth-order valence-corrected chi connectivity index (χ4v) is 4.74. The van der Waals surface area contributed by atoms with Crippen LogP contribution in [0.5, 0.6) is 11.5 Å². The number of anilines is 1. The number of amides is 1. The third-order valence-electron chi connectivity index (χ3n) is 5.71. The van der Waals surface area contributed by atoms with Crippen molar-refractivity contribution in [3.05, 3.63) is 52.3 Å².